The first-order valence-electron chi connectivity index (χ1n) is 3.95. The van der Waals surface area contributed by atoms with Gasteiger partial charge in [0, 0.05) is 9.75 Å². The number of hydrogen-bond donors (Lipinski definition) is 2. The van der Waals surface area contributed by atoms with E-state index < -0.39 is 11.5 Å². The maximum absolute atomic E-state index is 10.8. The number of carbonyl (C=O) groups is 1. The minimum absolute atomic E-state index is 0.704. The fraction of sp³-hybridized carbons (Fsp3) is 0.444. The van der Waals surface area contributed by atoms with Gasteiger partial charge in [-0.2, -0.15) is 0 Å². The summed E-state index contributed by atoms with van der Waals surface area (Å²) in [6.45, 7) is 5.43. The molecular formula is C9H13NO2S. The summed E-state index contributed by atoms with van der Waals surface area (Å²) in [5.74, 6) is -0.992. The molecular weight excluding hydrogens is 186 g/mol. The molecule has 1 heterocycles. The Kier molecular flexibility index (Phi) is 2.45. The topological polar surface area (TPSA) is 63.3 Å². The Labute approximate surface area is 81.2 Å². The van der Waals surface area contributed by atoms with Crippen molar-refractivity contribution in [3.8, 4) is 0 Å². The van der Waals surface area contributed by atoms with Crippen LogP contribution in [-0.4, -0.2) is 11.1 Å². The number of thiophene rings is 1. The molecule has 1 rings (SSSR count). The van der Waals surface area contributed by atoms with Crippen molar-refractivity contribution >= 4 is 17.3 Å². The molecule has 0 amide bonds. The van der Waals surface area contributed by atoms with Crippen molar-refractivity contribution in [1.82, 2.24) is 0 Å². The first-order valence-corrected chi connectivity index (χ1v) is 4.77. The average Bonchev–Trinajstić information content (AvgIpc) is 2.32. The van der Waals surface area contributed by atoms with E-state index in [-0.39, 0.29) is 0 Å². The molecule has 0 fully saturated rings. The Bertz CT molecular complexity index is 322. The number of aliphatic carboxylic acids is 1. The molecule has 3 N–H and O–H groups in total. The molecule has 0 aliphatic carbocycles. The van der Waals surface area contributed by atoms with Crippen molar-refractivity contribution in [3.63, 3.8) is 0 Å². The standard InChI is InChI=1S/C9H13NO2S/c1-5-4-7(13-6(5)2)9(3,10)8(11)12/h4H,10H2,1-3H3,(H,11,12)/t9-/m1/s1. The van der Waals surface area contributed by atoms with Gasteiger partial charge in [-0.15, -0.1) is 11.3 Å². The summed E-state index contributed by atoms with van der Waals surface area (Å²) < 4.78 is 0. The van der Waals surface area contributed by atoms with Crippen molar-refractivity contribution in [2.75, 3.05) is 0 Å². The fourth-order valence-electron chi connectivity index (χ4n) is 0.934. The second kappa shape index (κ2) is 3.12. The van der Waals surface area contributed by atoms with Crippen LogP contribution in [0.25, 0.3) is 0 Å². The van der Waals surface area contributed by atoms with Crippen LogP contribution in [0.4, 0.5) is 0 Å². The van der Waals surface area contributed by atoms with Crippen molar-refractivity contribution in [2.24, 2.45) is 5.73 Å². The van der Waals surface area contributed by atoms with E-state index in [0.717, 1.165) is 10.4 Å². The van der Waals surface area contributed by atoms with E-state index in [2.05, 4.69) is 0 Å². The van der Waals surface area contributed by atoms with Crippen LogP contribution in [0.3, 0.4) is 0 Å². The molecule has 0 saturated heterocycles. The van der Waals surface area contributed by atoms with E-state index in [4.69, 9.17) is 10.8 Å². The van der Waals surface area contributed by atoms with Gasteiger partial charge in [0.05, 0.1) is 0 Å². The van der Waals surface area contributed by atoms with Crippen LogP contribution in [-0.2, 0) is 10.3 Å². The highest BCUT2D eigenvalue weighted by molar-refractivity contribution is 7.12. The number of rotatable bonds is 2. The SMILES string of the molecule is Cc1cc([C@@](C)(N)C(=O)O)sc1C. The summed E-state index contributed by atoms with van der Waals surface area (Å²) >= 11 is 1.44. The highest BCUT2D eigenvalue weighted by Crippen LogP contribution is 2.28. The molecule has 1 aromatic rings. The second-order valence-corrected chi connectivity index (χ2v) is 4.61. The Morgan fingerprint density at radius 1 is 1.62 bits per heavy atom. The van der Waals surface area contributed by atoms with Crippen LogP contribution < -0.4 is 5.73 Å². The van der Waals surface area contributed by atoms with E-state index >= 15 is 0 Å². The number of carboxylic acid groups (broad SMARTS) is 1. The largest absolute Gasteiger partial charge is 0.480 e. The molecule has 0 bridgehead atoms. The third-order valence-electron chi connectivity index (χ3n) is 2.12. The zero-order chi connectivity index (χ0) is 10.2. The number of aryl methyl sites for hydroxylation is 2. The van der Waals surface area contributed by atoms with Crippen molar-refractivity contribution < 1.29 is 9.90 Å². The van der Waals surface area contributed by atoms with Crippen LogP contribution in [0.5, 0.6) is 0 Å². The zero-order valence-corrected chi connectivity index (χ0v) is 8.73. The van der Waals surface area contributed by atoms with Gasteiger partial charge in [-0.3, -0.25) is 0 Å². The molecule has 3 nitrogen and oxygen atoms in total. The summed E-state index contributed by atoms with van der Waals surface area (Å²) in [6.07, 6.45) is 0. The maximum Gasteiger partial charge on any atom is 0.328 e. The van der Waals surface area contributed by atoms with Crippen LogP contribution >= 0.6 is 11.3 Å². The van der Waals surface area contributed by atoms with Crippen LogP contribution in [0.15, 0.2) is 6.07 Å². The lowest BCUT2D eigenvalue weighted by Gasteiger charge is -2.16. The third-order valence-corrected chi connectivity index (χ3v) is 3.51. The molecule has 1 aromatic heterocycles. The molecule has 4 heteroatoms. The number of nitrogens with two attached hydrogens (primary N) is 1. The molecule has 0 aliphatic heterocycles. The lowest BCUT2D eigenvalue weighted by molar-refractivity contribution is -0.142. The smallest absolute Gasteiger partial charge is 0.328 e. The van der Waals surface area contributed by atoms with Gasteiger partial charge in [-0.25, -0.2) is 4.79 Å². The van der Waals surface area contributed by atoms with Gasteiger partial charge in [0.1, 0.15) is 5.54 Å². The Morgan fingerprint density at radius 3 is 2.46 bits per heavy atom. The Morgan fingerprint density at radius 2 is 2.15 bits per heavy atom. The zero-order valence-electron chi connectivity index (χ0n) is 7.92. The lowest BCUT2D eigenvalue weighted by atomic mass is 10.0. The van der Waals surface area contributed by atoms with Crippen molar-refractivity contribution in [3.05, 3.63) is 21.4 Å². The minimum atomic E-state index is -1.26. The molecule has 0 spiro atoms. The van der Waals surface area contributed by atoms with Gasteiger partial charge in [-0.05, 0) is 32.4 Å². The normalized spacial score (nSPS) is 15.4. The van der Waals surface area contributed by atoms with Gasteiger partial charge in [0.15, 0.2) is 0 Å². The molecule has 0 radical (unpaired) electrons. The second-order valence-electron chi connectivity index (χ2n) is 3.36. The third kappa shape index (κ3) is 1.73. The van der Waals surface area contributed by atoms with Crippen LogP contribution in [0, 0.1) is 13.8 Å². The van der Waals surface area contributed by atoms with E-state index in [1.807, 2.05) is 19.9 Å². The first kappa shape index (κ1) is 10.2. The summed E-state index contributed by atoms with van der Waals surface area (Å²) in [5, 5.41) is 8.88. The number of hydrogen-bond acceptors (Lipinski definition) is 3. The van der Waals surface area contributed by atoms with Gasteiger partial charge < -0.3 is 10.8 Å². The molecule has 0 saturated carbocycles. The average molecular weight is 199 g/mol. The van der Waals surface area contributed by atoms with E-state index in [9.17, 15) is 4.79 Å². The van der Waals surface area contributed by atoms with Gasteiger partial charge in [-0.1, -0.05) is 0 Å². The van der Waals surface area contributed by atoms with Crippen molar-refractivity contribution in [1.29, 1.82) is 0 Å². The molecule has 0 aromatic carbocycles. The van der Waals surface area contributed by atoms with Crippen LogP contribution in [0.1, 0.15) is 22.2 Å². The summed E-state index contributed by atoms with van der Waals surface area (Å²) in [4.78, 5) is 12.6. The fourth-order valence-corrected chi connectivity index (χ4v) is 2.02. The van der Waals surface area contributed by atoms with Gasteiger partial charge in [0.2, 0.25) is 0 Å². The number of carboxylic acids is 1. The highest BCUT2D eigenvalue weighted by atomic mass is 32.1. The van der Waals surface area contributed by atoms with E-state index in [1.165, 1.54) is 18.3 Å². The van der Waals surface area contributed by atoms with E-state index in [1.54, 1.807) is 0 Å². The molecule has 0 unspecified atom stereocenters. The van der Waals surface area contributed by atoms with Crippen LogP contribution in [0.2, 0.25) is 0 Å². The Hall–Kier alpha value is -0.870. The monoisotopic (exact) mass is 199 g/mol. The lowest BCUT2D eigenvalue weighted by Crippen LogP contribution is -2.40. The predicted octanol–water partition coefficient (Wildman–Crippen LogP) is 1.62. The summed E-state index contributed by atoms with van der Waals surface area (Å²) in [5.41, 5.74) is 5.51. The predicted molar refractivity (Wildman–Crippen MR) is 53.0 cm³/mol. The molecule has 0 aliphatic rings. The minimum Gasteiger partial charge on any atom is -0.480 e. The molecule has 13 heavy (non-hydrogen) atoms. The maximum atomic E-state index is 10.8. The Balaban J connectivity index is 3.15. The summed E-state index contributed by atoms with van der Waals surface area (Å²) in [7, 11) is 0. The molecule has 72 valence electrons. The van der Waals surface area contributed by atoms with Gasteiger partial charge >= 0.3 is 5.97 Å². The summed E-state index contributed by atoms with van der Waals surface area (Å²) in [6, 6.07) is 1.84. The first-order chi connectivity index (χ1) is 5.85. The van der Waals surface area contributed by atoms with Gasteiger partial charge in [0.25, 0.3) is 0 Å². The van der Waals surface area contributed by atoms with Crippen molar-refractivity contribution in [2.45, 2.75) is 26.3 Å². The quantitative estimate of drug-likeness (QED) is 0.760. The van der Waals surface area contributed by atoms with E-state index in [0.29, 0.717) is 4.88 Å². The highest BCUT2D eigenvalue weighted by Gasteiger charge is 2.32. The molecule has 1 atom stereocenters.